The molecule has 3 heteroatoms. The van der Waals surface area contributed by atoms with Gasteiger partial charge in [0.05, 0.1) is 11.2 Å². The van der Waals surface area contributed by atoms with E-state index in [0.717, 1.165) is 34.9 Å². The van der Waals surface area contributed by atoms with Crippen molar-refractivity contribution in [2.75, 3.05) is 9.80 Å². The molecule has 0 unspecified atom stereocenters. The van der Waals surface area contributed by atoms with Crippen molar-refractivity contribution < 1.29 is 0 Å². The Hall–Kier alpha value is -5.54. The van der Waals surface area contributed by atoms with Crippen LogP contribution in [-0.2, 0) is 6.42 Å². The van der Waals surface area contributed by atoms with Crippen LogP contribution in [0.5, 0.6) is 0 Å². The van der Waals surface area contributed by atoms with E-state index in [4.69, 9.17) is 0 Å². The molecule has 0 aliphatic carbocycles. The molecule has 2 heterocycles. The van der Waals surface area contributed by atoms with Gasteiger partial charge in [0, 0.05) is 45.8 Å². The Kier molecular flexibility index (Phi) is 5.86. The summed E-state index contributed by atoms with van der Waals surface area (Å²) in [5, 5.41) is 1.30. The number of rotatable bonds is 5. The van der Waals surface area contributed by atoms with E-state index in [0.29, 0.717) is 0 Å². The van der Waals surface area contributed by atoms with E-state index < -0.39 is 0 Å². The van der Waals surface area contributed by atoms with Gasteiger partial charge in [-0.05, 0) is 78.4 Å². The first-order valence-electron chi connectivity index (χ1n) is 14.4. The van der Waals surface area contributed by atoms with Crippen LogP contribution in [0.1, 0.15) is 11.1 Å². The number of anilines is 6. The van der Waals surface area contributed by atoms with Crippen LogP contribution in [-0.4, -0.2) is 4.57 Å². The Bertz CT molecular complexity index is 1950. The molecule has 0 fully saturated rings. The quantitative estimate of drug-likeness (QED) is 0.215. The number of fused-ring (bicyclic) bond motifs is 4. The Morgan fingerprint density at radius 1 is 0.452 bits per heavy atom. The van der Waals surface area contributed by atoms with Crippen molar-refractivity contribution in [3.8, 4) is 5.69 Å². The highest BCUT2D eigenvalue weighted by Gasteiger charge is 2.31. The van der Waals surface area contributed by atoms with Crippen LogP contribution in [0.25, 0.3) is 16.6 Å². The lowest BCUT2D eigenvalue weighted by molar-refractivity contribution is 1.01. The topological polar surface area (TPSA) is 11.4 Å². The van der Waals surface area contributed by atoms with Gasteiger partial charge in [-0.15, -0.1) is 0 Å². The van der Waals surface area contributed by atoms with E-state index >= 15 is 0 Å². The van der Waals surface area contributed by atoms with Crippen molar-refractivity contribution >= 4 is 45.2 Å². The molecule has 7 aromatic rings. The summed E-state index contributed by atoms with van der Waals surface area (Å²) in [5.74, 6) is 1.21. The van der Waals surface area contributed by atoms with E-state index in [-0.39, 0.29) is 0 Å². The van der Waals surface area contributed by atoms with Crippen LogP contribution in [0, 0.1) is 0 Å². The lowest BCUT2D eigenvalue weighted by Gasteiger charge is -2.34. The third kappa shape index (κ3) is 3.98. The molecule has 0 atom stereocenters. The molecule has 0 saturated carbocycles. The summed E-state index contributed by atoms with van der Waals surface area (Å²) >= 11 is 0. The molecule has 1 aromatic heterocycles. The number of aromatic nitrogens is 1. The molecule has 0 N–H and O–H groups in total. The number of para-hydroxylation sites is 5. The first kappa shape index (κ1) is 24.3. The highest BCUT2D eigenvalue weighted by Crippen LogP contribution is 2.49. The van der Waals surface area contributed by atoms with Gasteiger partial charge < -0.3 is 4.90 Å². The largest absolute Gasteiger partial charge is 0.311 e. The van der Waals surface area contributed by atoms with Gasteiger partial charge in [0.15, 0.2) is 0 Å². The van der Waals surface area contributed by atoms with Gasteiger partial charge >= 0.3 is 0 Å². The predicted octanol–water partition coefficient (Wildman–Crippen LogP) is 10.5. The minimum Gasteiger partial charge on any atom is -0.311 e. The smallest absolute Gasteiger partial charge is 0.127 e. The number of benzene rings is 6. The predicted molar refractivity (Wildman–Crippen MR) is 175 cm³/mol. The minimum absolute atomic E-state index is 0.899. The zero-order valence-corrected chi connectivity index (χ0v) is 23.1. The fraction of sp³-hybridized carbons (Fsp3) is 0.0256. The molecular weight excluding hydrogens is 510 g/mol. The molecule has 1 aliphatic rings. The maximum absolute atomic E-state index is 2.44. The van der Waals surface area contributed by atoms with E-state index in [1.165, 1.54) is 33.5 Å². The monoisotopic (exact) mass is 539 g/mol. The zero-order valence-electron chi connectivity index (χ0n) is 23.1. The molecule has 6 aromatic carbocycles. The lowest BCUT2D eigenvalue weighted by Crippen LogP contribution is -2.21. The molecule has 8 rings (SSSR count). The third-order valence-corrected chi connectivity index (χ3v) is 8.17. The third-order valence-electron chi connectivity index (χ3n) is 8.17. The van der Waals surface area contributed by atoms with E-state index in [2.05, 4.69) is 178 Å². The molecule has 0 radical (unpaired) electrons. The molecule has 1 aliphatic heterocycles. The second-order valence-corrected chi connectivity index (χ2v) is 10.7. The first-order valence-corrected chi connectivity index (χ1v) is 14.4. The fourth-order valence-electron chi connectivity index (χ4n) is 6.34. The summed E-state index contributed by atoms with van der Waals surface area (Å²) in [6, 6.07) is 58.4. The maximum atomic E-state index is 2.44. The summed E-state index contributed by atoms with van der Waals surface area (Å²) in [5.41, 5.74) is 10.8. The highest BCUT2D eigenvalue weighted by atomic mass is 15.3. The average molecular weight is 540 g/mol. The number of hydrogen-bond acceptors (Lipinski definition) is 2. The van der Waals surface area contributed by atoms with Crippen molar-refractivity contribution in [3.63, 3.8) is 0 Å². The Labute approximate surface area is 246 Å². The normalized spacial score (nSPS) is 12.1. The van der Waals surface area contributed by atoms with Crippen LogP contribution in [0.3, 0.4) is 0 Å². The van der Waals surface area contributed by atoms with E-state index in [1.54, 1.807) is 0 Å². The van der Waals surface area contributed by atoms with Crippen LogP contribution in [0.4, 0.5) is 34.3 Å². The van der Waals surface area contributed by atoms with Gasteiger partial charge in [0.1, 0.15) is 5.82 Å². The summed E-state index contributed by atoms with van der Waals surface area (Å²) in [6.07, 6.45) is 0.899. The van der Waals surface area contributed by atoms with Gasteiger partial charge in [0.25, 0.3) is 0 Å². The highest BCUT2D eigenvalue weighted by molar-refractivity contribution is 5.98. The molecule has 0 saturated heterocycles. The van der Waals surface area contributed by atoms with Gasteiger partial charge in [-0.25, -0.2) is 0 Å². The van der Waals surface area contributed by atoms with Crippen molar-refractivity contribution in [3.05, 3.63) is 175 Å². The Morgan fingerprint density at radius 3 is 1.69 bits per heavy atom. The standard InChI is InChI=1S/C39H29N3/c1-4-15-30(16-5-1)40(31-17-6-2-7-18-31)33-24-26-34(27-25-33)41-37-22-12-10-14-29(37)28-36-35-21-11-13-23-38(35)42(39(36)41)32-19-8-3-9-20-32/h1-27H,28H2. The van der Waals surface area contributed by atoms with Crippen molar-refractivity contribution in [2.45, 2.75) is 6.42 Å². The zero-order chi connectivity index (χ0) is 27.9. The fourth-order valence-corrected chi connectivity index (χ4v) is 6.34. The summed E-state index contributed by atoms with van der Waals surface area (Å²) in [6.45, 7) is 0. The second kappa shape index (κ2) is 10.1. The first-order chi connectivity index (χ1) is 20.9. The Balaban J connectivity index is 1.32. The van der Waals surface area contributed by atoms with E-state index in [9.17, 15) is 0 Å². The molecule has 0 spiro atoms. The number of nitrogens with zero attached hydrogens (tertiary/aromatic N) is 3. The van der Waals surface area contributed by atoms with Crippen molar-refractivity contribution in [2.24, 2.45) is 0 Å². The lowest BCUT2D eigenvalue weighted by atomic mass is 9.96. The summed E-state index contributed by atoms with van der Waals surface area (Å²) in [4.78, 5) is 4.75. The van der Waals surface area contributed by atoms with Gasteiger partial charge in [-0.2, -0.15) is 0 Å². The SMILES string of the molecule is c1ccc(N(c2ccccc2)c2ccc(N3c4ccccc4Cc4c3n(-c3ccccc3)c3ccccc43)cc2)cc1. The summed E-state index contributed by atoms with van der Waals surface area (Å²) < 4.78 is 2.43. The van der Waals surface area contributed by atoms with Gasteiger partial charge in [-0.3, -0.25) is 9.47 Å². The van der Waals surface area contributed by atoms with Crippen molar-refractivity contribution in [1.82, 2.24) is 4.57 Å². The van der Waals surface area contributed by atoms with Crippen LogP contribution in [0.2, 0.25) is 0 Å². The Morgan fingerprint density at radius 2 is 1.00 bits per heavy atom. The molecule has 200 valence electrons. The molecule has 0 amide bonds. The maximum Gasteiger partial charge on any atom is 0.127 e. The van der Waals surface area contributed by atoms with Gasteiger partial charge in [0.2, 0.25) is 0 Å². The second-order valence-electron chi connectivity index (χ2n) is 10.7. The molecule has 0 bridgehead atoms. The van der Waals surface area contributed by atoms with Crippen LogP contribution >= 0.6 is 0 Å². The minimum atomic E-state index is 0.899. The van der Waals surface area contributed by atoms with E-state index in [1.807, 2.05) is 0 Å². The number of hydrogen-bond donors (Lipinski definition) is 0. The van der Waals surface area contributed by atoms with Crippen LogP contribution < -0.4 is 9.80 Å². The van der Waals surface area contributed by atoms with Crippen LogP contribution in [0.15, 0.2) is 164 Å². The van der Waals surface area contributed by atoms with Crippen molar-refractivity contribution in [1.29, 1.82) is 0 Å². The molecule has 42 heavy (non-hydrogen) atoms. The van der Waals surface area contributed by atoms with Gasteiger partial charge in [-0.1, -0.05) is 91.0 Å². The average Bonchev–Trinajstić information content (AvgIpc) is 3.39. The summed E-state index contributed by atoms with van der Waals surface area (Å²) in [7, 11) is 0. The molecule has 3 nitrogen and oxygen atoms in total. The molecular formula is C39H29N3.